The molecule has 2 nitrogen and oxygen atoms in total. The molecule has 1 aromatic carbocycles. The number of unbranched alkanes of at least 4 members (excludes halogenated alkanes) is 7. The zero-order chi connectivity index (χ0) is 14.9. The van der Waals surface area contributed by atoms with Gasteiger partial charge in [-0.15, -0.1) is 0 Å². The fourth-order valence-corrected chi connectivity index (χ4v) is 2.79. The third kappa shape index (κ3) is 5.11. The second-order valence-corrected chi connectivity index (χ2v) is 5.97. The van der Waals surface area contributed by atoms with Crippen molar-refractivity contribution in [1.29, 1.82) is 0 Å². The molecule has 0 spiro atoms. The van der Waals surface area contributed by atoms with Crippen molar-refractivity contribution >= 4 is 11.0 Å². The van der Waals surface area contributed by atoms with Gasteiger partial charge in [-0.25, -0.2) is 9.97 Å². The summed E-state index contributed by atoms with van der Waals surface area (Å²) in [5.74, 6) is 0. The maximum absolute atomic E-state index is 4.77. The van der Waals surface area contributed by atoms with Crippen LogP contribution in [0, 0.1) is 6.92 Å². The summed E-state index contributed by atoms with van der Waals surface area (Å²) in [6.45, 7) is 4.35. The van der Waals surface area contributed by atoms with Crippen LogP contribution >= 0.6 is 0 Å². The first-order valence-corrected chi connectivity index (χ1v) is 8.53. The van der Waals surface area contributed by atoms with Gasteiger partial charge in [-0.3, -0.25) is 0 Å². The minimum absolute atomic E-state index is 1.01. The van der Waals surface area contributed by atoms with Gasteiger partial charge in [0.05, 0.1) is 22.4 Å². The van der Waals surface area contributed by atoms with E-state index in [4.69, 9.17) is 4.98 Å². The molecule has 0 N–H and O–H groups in total. The number of aromatic nitrogens is 2. The van der Waals surface area contributed by atoms with Crippen molar-refractivity contribution in [2.45, 2.75) is 71.6 Å². The number of hydrogen-bond acceptors (Lipinski definition) is 2. The van der Waals surface area contributed by atoms with Crippen molar-refractivity contribution in [2.75, 3.05) is 0 Å². The van der Waals surface area contributed by atoms with Crippen LogP contribution in [0.2, 0.25) is 0 Å². The largest absolute Gasteiger partial charge is 0.250 e. The Bertz CT molecular complexity index is 548. The quantitative estimate of drug-likeness (QED) is 0.558. The molecule has 0 atom stereocenters. The predicted octanol–water partition coefficient (Wildman–Crippen LogP) is 5.62. The molecule has 0 aliphatic heterocycles. The second kappa shape index (κ2) is 8.76. The zero-order valence-corrected chi connectivity index (χ0v) is 13.6. The van der Waals surface area contributed by atoms with Crippen molar-refractivity contribution in [3.05, 3.63) is 35.7 Å². The van der Waals surface area contributed by atoms with Crippen LogP contribution in [0.4, 0.5) is 0 Å². The Hall–Kier alpha value is -1.44. The number of para-hydroxylation sites is 2. The van der Waals surface area contributed by atoms with Gasteiger partial charge in [-0.1, -0.05) is 64.0 Å². The first-order valence-electron chi connectivity index (χ1n) is 8.53. The fourth-order valence-electron chi connectivity index (χ4n) is 2.79. The van der Waals surface area contributed by atoms with Crippen LogP contribution in [0.15, 0.2) is 24.3 Å². The lowest BCUT2D eigenvalue weighted by Crippen LogP contribution is -1.98. The molecule has 0 radical (unpaired) electrons. The van der Waals surface area contributed by atoms with Gasteiger partial charge >= 0.3 is 0 Å². The highest BCUT2D eigenvalue weighted by atomic mass is 14.8. The summed E-state index contributed by atoms with van der Waals surface area (Å²) < 4.78 is 0. The van der Waals surface area contributed by atoms with Gasteiger partial charge < -0.3 is 0 Å². The third-order valence-corrected chi connectivity index (χ3v) is 4.11. The Morgan fingerprint density at radius 1 is 0.762 bits per heavy atom. The molecule has 2 rings (SSSR count). The summed E-state index contributed by atoms with van der Waals surface area (Å²) in [4.78, 5) is 9.43. The van der Waals surface area contributed by atoms with Gasteiger partial charge in [0.25, 0.3) is 0 Å². The summed E-state index contributed by atoms with van der Waals surface area (Å²) in [7, 11) is 0. The summed E-state index contributed by atoms with van der Waals surface area (Å²) in [6, 6.07) is 8.15. The molecule has 0 saturated carbocycles. The molecule has 2 aromatic rings. The Labute approximate surface area is 129 Å². The third-order valence-electron chi connectivity index (χ3n) is 4.11. The van der Waals surface area contributed by atoms with Crippen LogP contribution in [-0.2, 0) is 6.42 Å². The van der Waals surface area contributed by atoms with Gasteiger partial charge in [0.15, 0.2) is 0 Å². The number of benzene rings is 1. The Morgan fingerprint density at radius 2 is 1.33 bits per heavy atom. The predicted molar refractivity (Wildman–Crippen MR) is 90.6 cm³/mol. The van der Waals surface area contributed by atoms with E-state index in [0.717, 1.165) is 23.1 Å². The molecule has 0 fully saturated rings. The van der Waals surface area contributed by atoms with Crippen LogP contribution in [0.25, 0.3) is 11.0 Å². The lowest BCUT2D eigenvalue weighted by atomic mass is 10.1. The van der Waals surface area contributed by atoms with E-state index in [2.05, 4.69) is 24.9 Å². The highest BCUT2D eigenvalue weighted by Crippen LogP contribution is 2.15. The summed E-state index contributed by atoms with van der Waals surface area (Å²) in [6.07, 6.45) is 11.9. The molecule has 0 saturated heterocycles. The van der Waals surface area contributed by atoms with Gasteiger partial charge in [0.1, 0.15) is 0 Å². The van der Waals surface area contributed by atoms with Gasteiger partial charge in [-0.05, 0) is 31.9 Å². The molecule has 114 valence electrons. The second-order valence-electron chi connectivity index (χ2n) is 5.97. The molecule has 0 bridgehead atoms. The first-order chi connectivity index (χ1) is 10.3. The number of rotatable bonds is 9. The maximum Gasteiger partial charge on any atom is 0.0890 e. The van der Waals surface area contributed by atoms with Crippen LogP contribution in [-0.4, -0.2) is 9.97 Å². The molecule has 2 heteroatoms. The fraction of sp³-hybridized carbons (Fsp3) is 0.579. The number of hydrogen-bond donors (Lipinski definition) is 0. The van der Waals surface area contributed by atoms with E-state index in [1.807, 2.05) is 18.2 Å². The van der Waals surface area contributed by atoms with Crippen LogP contribution in [0.3, 0.4) is 0 Å². The lowest BCUT2D eigenvalue weighted by Gasteiger charge is -2.06. The first kappa shape index (κ1) is 15.9. The molecule has 21 heavy (non-hydrogen) atoms. The SMILES string of the molecule is CCCCCCCCCCc1nc2ccccc2nc1C. The van der Waals surface area contributed by atoms with E-state index in [1.165, 1.54) is 57.1 Å². The van der Waals surface area contributed by atoms with E-state index in [1.54, 1.807) is 0 Å². The molecule has 1 aromatic heterocycles. The van der Waals surface area contributed by atoms with Crippen molar-refractivity contribution < 1.29 is 0 Å². The molecule has 0 amide bonds. The average molecular weight is 284 g/mol. The molecule has 0 aliphatic rings. The van der Waals surface area contributed by atoms with Crippen molar-refractivity contribution in [3.63, 3.8) is 0 Å². The topological polar surface area (TPSA) is 25.8 Å². The highest BCUT2D eigenvalue weighted by molar-refractivity contribution is 5.74. The summed E-state index contributed by atoms with van der Waals surface area (Å²) in [5, 5.41) is 0. The standard InChI is InChI=1S/C19H28N2/c1-3-4-5-6-7-8-9-10-13-17-16(2)20-18-14-11-12-15-19(18)21-17/h11-12,14-15H,3-10,13H2,1-2H3. The number of fused-ring (bicyclic) bond motifs is 1. The van der Waals surface area contributed by atoms with Crippen LogP contribution in [0.5, 0.6) is 0 Å². The summed E-state index contributed by atoms with van der Waals surface area (Å²) in [5.41, 5.74) is 4.31. The maximum atomic E-state index is 4.77. The van der Waals surface area contributed by atoms with Crippen molar-refractivity contribution in [1.82, 2.24) is 9.97 Å². The summed E-state index contributed by atoms with van der Waals surface area (Å²) >= 11 is 0. The molecule has 1 heterocycles. The minimum atomic E-state index is 1.01. The van der Waals surface area contributed by atoms with Gasteiger partial charge in [-0.2, -0.15) is 0 Å². The van der Waals surface area contributed by atoms with E-state index in [0.29, 0.717) is 0 Å². The van der Waals surface area contributed by atoms with Crippen molar-refractivity contribution in [3.8, 4) is 0 Å². The minimum Gasteiger partial charge on any atom is -0.250 e. The number of nitrogens with zero attached hydrogens (tertiary/aromatic N) is 2. The molecule has 0 aliphatic carbocycles. The van der Waals surface area contributed by atoms with Crippen LogP contribution < -0.4 is 0 Å². The Balaban J connectivity index is 1.74. The Kier molecular flexibility index (Phi) is 6.65. The smallest absolute Gasteiger partial charge is 0.0890 e. The van der Waals surface area contributed by atoms with E-state index in [9.17, 15) is 0 Å². The lowest BCUT2D eigenvalue weighted by molar-refractivity contribution is 0.573. The van der Waals surface area contributed by atoms with Crippen LogP contribution in [0.1, 0.15) is 69.7 Å². The number of aryl methyl sites for hydroxylation is 2. The monoisotopic (exact) mass is 284 g/mol. The van der Waals surface area contributed by atoms with E-state index in [-0.39, 0.29) is 0 Å². The van der Waals surface area contributed by atoms with Gasteiger partial charge in [0, 0.05) is 0 Å². The zero-order valence-electron chi connectivity index (χ0n) is 13.6. The normalized spacial score (nSPS) is 11.1. The van der Waals surface area contributed by atoms with E-state index < -0.39 is 0 Å². The Morgan fingerprint density at radius 3 is 2.00 bits per heavy atom. The highest BCUT2D eigenvalue weighted by Gasteiger charge is 2.04. The van der Waals surface area contributed by atoms with Gasteiger partial charge in [0.2, 0.25) is 0 Å². The van der Waals surface area contributed by atoms with Crippen molar-refractivity contribution in [2.24, 2.45) is 0 Å². The average Bonchev–Trinajstić information content (AvgIpc) is 2.50. The molecular weight excluding hydrogens is 256 g/mol. The van der Waals surface area contributed by atoms with E-state index >= 15 is 0 Å². The molecule has 0 unspecified atom stereocenters. The molecular formula is C19H28N2.